The van der Waals surface area contributed by atoms with Crippen molar-refractivity contribution in [1.82, 2.24) is 0 Å². The third-order valence-electron chi connectivity index (χ3n) is 5.66. The molecule has 0 saturated carbocycles. The van der Waals surface area contributed by atoms with Crippen LogP contribution in [-0.4, -0.2) is 35.8 Å². The van der Waals surface area contributed by atoms with Crippen LogP contribution in [-0.2, 0) is 0 Å². The van der Waals surface area contributed by atoms with Crippen LogP contribution in [0, 0.1) is 0 Å². The van der Waals surface area contributed by atoms with Crippen molar-refractivity contribution < 1.29 is 9.22 Å². The summed E-state index contributed by atoms with van der Waals surface area (Å²) in [5.41, 5.74) is 0. The van der Waals surface area contributed by atoms with E-state index in [1.165, 1.54) is 49.7 Å². The maximum absolute atomic E-state index is 6.25. The molecule has 2 nitrogen and oxygen atoms in total. The highest BCUT2D eigenvalue weighted by Crippen LogP contribution is 2.38. The molecular weight excluding hydrogens is 246 g/mol. The van der Waals surface area contributed by atoms with Crippen molar-refractivity contribution in [3.05, 3.63) is 30.3 Å². The van der Waals surface area contributed by atoms with Crippen molar-refractivity contribution in [2.24, 2.45) is 0 Å². The summed E-state index contributed by atoms with van der Waals surface area (Å²) in [6, 6.07) is 11.9. The summed E-state index contributed by atoms with van der Waals surface area (Å²) in [5, 5.41) is 0. The van der Waals surface area contributed by atoms with Gasteiger partial charge in [-0.1, -0.05) is 25.1 Å². The van der Waals surface area contributed by atoms with Crippen molar-refractivity contribution in [2.75, 3.05) is 13.1 Å². The van der Waals surface area contributed by atoms with Crippen LogP contribution in [0.25, 0.3) is 0 Å². The second-order valence-corrected chi connectivity index (χ2v) is 6.69. The van der Waals surface area contributed by atoms with Gasteiger partial charge in [0, 0.05) is 25.7 Å². The molecule has 2 fully saturated rings. The van der Waals surface area contributed by atoms with Gasteiger partial charge in [-0.15, -0.1) is 0 Å². The number of rotatable bonds is 3. The molecule has 1 aromatic carbocycles. The first-order valence-corrected chi connectivity index (χ1v) is 8.33. The Hall–Kier alpha value is -1.02. The summed E-state index contributed by atoms with van der Waals surface area (Å²) in [6.07, 6.45) is 6.98. The summed E-state index contributed by atoms with van der Waals surface area (Å²) >= 11 is 0. The van der Waals surface area contributed by atoms with E-state index >= 15 is 0 Å². The fourth-order valence-electron chi connectivity index (χ4n) is 4.61. The van der Waals surface area contributed by atoms with Gasteiger partial charge in [0.1, 0.15) is 11.9 Å². The van der Waals surface area contributed by atoms with Crippen molar-refractivity contribution >= 4 is 0 Å². The standard InChI is InChI=1S/C18H28NO/c1-3-16-14-18(20-17-9-5-4-6-10-17)13-15(2)19(16)11-7-8-12-19/h4-6,9-10,15-16,18H,3,7-8,11-14H2,1-2H3/q+1. The molecule has 0 amide bonds. The van der Waals surface area contributed by atoms with E-state index < -0.39 is 0 Å². The number of nitrogens with zero attached hydrogens (tertiary/aromatic N) is 1. The molecule has 3 atom stereocenters. The topological polar surface area (TPSA) is 9.23 Å². The van der Waals surface area contributed by atoms with E-state index in [0.717, 1.165) is 17.8 Å². The van der Waals surface area contributed by atoms with Gasteiger partial charge in [-0.25, -0.2) is 0 Å². The predicted octanol–water partition coefficient (Wildman–Crippen LogP) is 4.01. The molecule has 0 aromatic heterocycles. The molecular formula is C18H28NO+. The molecule has 3 rings (SSSR count). The summed E-state index contributed by atoms with van der Waals surface area (Å²) in [4.78, 5) is 0. The zero-order valence-corrected chi connectivity index (χ0v) is 12.9. The molecule has 2 saturated heterocycles. The van der Waals surface area contributed by atoms with Gasteiger partial charge in [0.05, 0.1) is 25.2 Å². The molecule has 3 unspecified atom stereocenters. The average molecular weight is 274 g/mol. The molecule has 2 aliphatic heterocycles. The zero-order chi connectivity index (χ0) is 14.0. The number of quaternary nitrogens is 1. The Balaban J connectivity index is 1.71. The van der Waals surface area contributed by atoms with Crippen LogP contribution in [0.3, 0.4) is 0 Å². The maximum Gasteiger partial charge on any atom is 0.119 e. The van der Waals surface area contributed by atoms with E-state index in [-0.39, 0.29) is 0 Å². The monoisotopic (exact) mass is 274 g/mol. The third-order valence-corrected chi connectivity index (χ3v) is 5.66. The lowest BCUT2D eigenvalue weighted by Gasteiger charge is -2.51. The Morgan fingerprint density at radius 3 is 2.45 bits per heavy atom. The van der Waals surface area contributed by atoms with Gasteiger partial charge in [-0.2, -0.15) is 0 Å². The highest BCUT2D eigenvalue weighted by molar-refractivity contribution is 5.21. The first-order valence-electron chi connectivity index (χ1n) is 8.33. The van der Waals surface area contributed by atoms with E-state index in [9.17, 15) is 0 Å². The Morgan fingerprint density at radius 2 is 1.80 bits per heavy atom. The van der Waals surface area contributed by atoms with E-state index in [4.69, 9.17) is 4.74 Å². The van der Waals surface area contributed by atoms with Gasteiger partial charge in [0.15, 0.2) is 0 Å². The molecule has 2 heterocycles. The normalized spacial score (nSPS) is 32.4. The van der Waals surface area contributed by atoms with E-state index in [0.29, 0.717) is 6.10 Å². The lowest BCUT2D eigenvalue weighted by atomic mass is 9.89. The number of ether oxygens (including phenoxy) is 1. The highest BCUT2D eigenvalue weighted by Gasteiger charge is 2.48. The second-order valence-electron chi connectivity index (χ2n) is 6.69. The molecule has 20 heavy (non-hydrogen) atoms. The Kier molecular flexibility index (Phi) is 4.02. The maximum atomic E-state index is 6.25. The molecule has 2 heteroatoms. The highest BCUT2D eigenvalue weighted by atomic mass is 16.5. The summed E-state index contributed by atoms with van der Waals surface area (Å²) in [6.45, 7) is 7.62. The number of para-hydroxylation sites is 1. The molecule has 1 aromatic rings. The van der Waals surface area contributed by atoms with Crippen LogP contribution in [0.15, 0.2) is 30.3 Å². The Bertz CT molecular complexity index is 424. The molecule has 0 radical (unpaired) electrons. The molecule has 2 aliphatic rings. The first kappa shape index (κ1) is 13.9. The SMILES string of the molecule is CCC1CC(Oc2ccccc2)CC(C)[N+]12CCCC2. The van der Waals surface area contributed by atoms with Crippen LogP contribution >= 0.6 is 0 Å². The van der Waals surface area contributed by atoms with Gasteiger partial charge < -0.3 is 9.22 Å². The predicted molar refractivity (Wildman–Crippen MR) is 82.9 cm³/mol. The van der Waals surface area contributed by atoms with Crippen LogP contribution in [0.1, 0.15) is 46.0 Å². The van der Waals surface area contributed by atoms with Crippen molar-refractivity contribution in [2.45, 2.75) is 64.1 Å². The van der Waals surface area contributed by atoms with Crippen LogP contribution < -0.4 is 4.74 Å². The summed E-state index contributed by atoms with van der Waals surface area (Å²) in [7, 11) is 0. The van der Waals surface area contributed by atoms with Gasteiger partial charge in [-0.3, -0.25) is 0 Å². The Labute approximate surface area is 123 Å². The van der Waals surface area contributed by atoms with E-state index in [2.05, 4.69) is 44.2 Å². The lowest BCUT2D eigenvalue weighted by Crippen LogP contribution is -2.63. The van der Waals surface area contributed by atoms with Gasteiger partial charge in [0.25, 0.3) is 0 Å². The molecule has 110 valence electrons. The quantitative estimate of drug-likeness (QED) is 0.757. The van der Waals surface area contributed by atoms with E-state index in [1.807, 2.05) is 0 Å². The zero-order valence-electron chi connectivity index (χ0n) is 12.9. The fraction of sp³-hybridized carbons (Fsp3) is 0.667. The van der Waals surface area contributed by atoms with Crippen molar-refractivity contribution in [3.63, 3.8) is 0 Å². The number of benzene rings is 1. The average Bonchev–Trinajstić information content (AvgIpc) is 2.95. The largest absolute Gasteiger partial charge is 0.490 e. The molecule has 1 spiro atoms. The van der Waals surface area contributed by atoms with Crippen LogP contribution in [0.2, 0.25) is 0 Å². The minimum Gasteiger partial charge on any atom is -0.490 e. The Morgan fingerprint density at radius 1 is 1.10 bits per heavy atom. The minimum atomic E-state index is 0.404. The molecule has 0 N–H and O–H groups in total. The van der Waals surface area contributed by atoms with Crippen LogP contribution in [0.4, 0.5) is 0 Å². The second kappa shape index (κ2) is 5.77. The minimum absolute atomic E-state index is 0.404. The molecule has 0 bridgehead atoms. The molecule has 0 aliphatic carbocycles. The van der Waals surface area contributed by atoms with Crippen molar-refractivity contribution in [1.29, 1.82) is 0 Å². The smallest absolute Gasteiger partial charge is 0.119 e. The van der Waals surface area contributed by atoms with Gasteiger partial charge >= 0.3 is 0 Å². The first-order chi connectivity index (χ1) is 9.74. The van der Waals surface area contributed by atoms with Crippen molar-refractivity contribution in [3.8, 4) is 5.75 Å². The summed E-state index contributed by atoms with van der Waals surface area (Å²) in [5.74, 6) is 1.04. The number of piperidine rings is 1. The van der Waals surface area contributed by atoms with Crippen LogP contribution in [0.5, 0.6) is 5.75 Å². The van der Waals surface area contributed by atoms with Gasteiger partial charge in [-0.05, 0) is 25.5 Å². The fourth-order valence-corrected chi connectivity index (χ4v) is 4.61. The van der Waals surface area contributed by atoms with E-state index in [1.54, 1.807) is 0 Å². The lowest BCUT2D eigenvalue weighted by molar-refractivity contribution is -0.967. The number of hydrogen-bond donors (Lipinski definition) is 0. The summed E-state index contributed by atoms with van der Waals surface area (Å²) < 4.78 is 7.63. The number of hydrogen-bond acceptors (Lipinski definition) is 1. The third kappa shape index (κ3) is 2.46. The van der Waals surface area contributed by atoms with Gasteiger partial charge in [0.2, 0.25) is 0 Å².